The van der Waals surface area contributed by atoms with Crippen LogP contribution in [0.1, 0.15) is 44.7 Å². The van der Waals surface area contributed by atoms with Crippen molar-refractivity contribution in [1.29, 1.82) is 0 Å². The van der Waals surface area contributed by atoms with Gasteiger partial charge in [-0.3, -0.25) is 0 Å². The summed E-state index contributed by atoms with van der Waals surface area (Å²) in [5, 5.41) is 13.3. The molecular weight excluding hydrogens is 354 g/mol. The fourth-order valence-electron chi connectivity index (χ4n) is 4.06. The summed E-state index contributed by atoms with van der Waals surface area (Å²) < 4.78 is 5.89. The van der Waals surface area contributed by atoms with Gasteiger partial charge in [0.15, 0.2) is 0 Å². The van der Waals surface area contributed by atoms with Crippen molar-refractivity contribution in [3.63, 3.8) is 0 Å². The molecule has 2 aliphatic rings. The molecule has 2 heterocycles. The molecule has 1 atom stereocenters. The molecule has 0 radical (unpaired) electrons. The van der Waals surface area contributed by atoms with Crippen molar-refractivity contribution in [2.45, 2.75) is 58.1 Å². The molecule has 0 bridgehead atoms. The summed E-state index contributed by atoms with van der Waals surface area (Å²) in [4.78, 5) is 16.0. The van der Waals surface area contributed by atoms with E-state index in [-0.39, 0.29) is 11.4 Å². The lowest BCUT2D eigenvalue weighted by Crippen LogP contribution is -2.48. The molecule has 2 aliphatic heterocycles. The molecular formula is C22H35N3O3. The van der Waals surface area contributed by atoms with Gasteiger partial charge in [0.05, 0.1) is 0 Å². The van der Waals surface area contributed by atoms with Crippen LogP contribution in [0.2, 0.25) is 0 Å². The summed E-state index contributed by atoms with van der Waals surface area (Å²) in [5.41, 5.74) is 2.50. The van der Waals surface area contributed by atoms with E-state index in [1.165, 1.54) is 5.56 Å². The van der Waals surface area contributed by atoms with Gasteiger partial charge in [0, 0.05) is 38.8 Å². The van der Waals surface area contributed by atoms with Crippen LogP contribution in [0, 0.1) is 6.92 Å². The van der Waals surface area contributed by atoms with Gasteiger partial charge in [0.2, 0.25) is 0 Å². The fourth-order valence-corrected chi connectivity index (χ4v) is 4.06. The lowest BCUT2D eigenvalue weighted by atomic mass is 9.86. The van der Waals surface area contributed by atoms with Gasteiger partial charge in [0.25, 0.3) is 0 Å². The molecule has 2 fully saturated rings. The third-order valence-corrected chi connectivity index (χ3v) is 5.83. The topological polar surface area (TPSA) is 65.0 Å². The smallest absolute Gasteiger partial charge is 0.317 e. The third-order valence-electron chi connectivity index (χ3n) is 5.83. The van der Waals surface area contributed by atoms with Crippen molar-refractivity contribution in [3.05, 3.63) is 29.3 Å². The second-order valence-electron chi connectivity index (χ2n) is 9.15. The number of benzene rings is 1. The van der Waals surface area contributed by atoms with Crippen molar-refractivity contribution >= 4 is 6.03 Å². The number of aryl methyl sites for hydroxylation is 1. The summed E-state index contributed by atoms with van der Waals surface area (Å²) in [7, 11) is 0. The number of hydrogen-bond acceptors (Lipinski definition) is 4. The molecule has 2 saturated heterocycles. The number of hydrogen-bond donors (Lipinski definition) is 2. The molecule has 0 spiro atoms. The van der Waals surface area contributed by atoms with E-state index in [9.17, 15) is 9.90 Å². The quantitative estimate of drug-likeness (QED) is 0.785. The Bertz CT molecular complexity index is 678. The van der Waals surface area contributed by atoms with Gasteiger partial charge in [-0.15, -0.1) is 0 Å². The van der Waals surface area contributed by atoms with E-state index in [0.717, 1.165) is 50.3 Å². The average molecular weight is 390 g/mol. The minimum absolute atomic E-state index is 0.0692. The van der Waals surface area contributed by atoms with Gasteiger partial charge < -0.3 is 25.0 Å². The first kappa shape index (κ1) is 20.9. The Morgan fingerprint density at radius 2 is 1.96 bits per heavy atom. The van der Waals surface area contributed by atoms with Gasteiger partial charge >= 0.3 is 6.03 Å². The highest BCUT2D eigenvalue weighted by molar-refractivity contribution is 5.76. The number of carbonyl (C=O) groups excluding carboxylic acids is 1. The Morgan fingerprint density at radius 3 is 2.54 bits per heavy atom. The number of aliphatic hydroxyl groups is 1. The minimum Gasteiger partial charge on any atom is -0.491 e. The minimum atomic E-state index is -0.520. The van der Waals surface area contributed by atoms with E-state index in [4.69, 9.17) is 4.74 Å². The number of carbonyl (C=O) groups is 1. The van der Waals surface area contributed by atoms with Crippen LogP contribution in [0.4, 0.5) is 4.79 Å². The predicted molar refractivity (Wildman–Crippen MR) is 111 cm³/mol. The van der Waals surface area contributed by atoms with Crippen molar-refractivity contribution in [1.82, 2.24) is 15.1 Å². The Kier molecular flexibility index (Phi) is 6.50. The Labute approximate surface area is 168 Å². The van der Waals surface area contributed by atoms with Crippen LogP contribution in [0.5, 0.6) is 5.75 Å². The Hall–Kier alpha value is -1.79. The summed E-state index contributed by atoms with van der Waals surface area (Å²) >= 11 is 0. The molecule has 2 N–H and O–H groups in total. The molecule has 0 saturated carbocycles. The van der Waals surface area contributed by atoms with Gasteiger partial charge in [-0.1, -0.05) is 32.9 Å². The number of nitrogens with one attached hydrogen (secondary N) is 1. The summed E-state index contributed by atoms with van der Waals surface area (Å²) in [6, 6.07) is 6.68. The molecule has 0 aliphatic carbocycles. The monoisotopic (exact) mass is 389 g/mol. The number of likely N-dealkylation sites (tertiary alicyclic amines) is 1. The molecule has 0 unspecified atom stereocenters. The van der Waals surface area contributed by atoms with Crippen molar-refractivity contribution < 1.29 is 14.6 Å². The maximum absolute atomic E-state index is 11.8. The molecule has 6 nitrogen and oxygen atoms in total. The van der Waals surface area contributed by atoms with Crippen molar-refractivity contribution in [2.75, 3.05) is 39.3 Å². The van der Waals surface area contributed by atoms with Crippen molar-refractivity contribution in [2.24, 2.45) is 0 Å². The average Bonchev–Trinajstić information content (AvgIpc) is 3.06. The molecule has 156 valence electrons. The Morgan fingerprint density at radius 1 is 1.25 bits per heavy atom. The zero-order valence-electron chi connectivity index (χ0n) is 17.7. The van der Waals surface area contributed by atoms with E-state index >= 15 is 0 Å². The summed E-state index contributed by atoms with van der Waals surface area (Å²) in [5.74, 6) is 0.839. The lowest BCUT2D eigenvalue weighted by Gasteiger charge is -2.36. The molecule has 0 aromatic heterocycles. The Balaban J connectivity index is 1.43. The third kappa shape index (κ3) is 5.17. The summed E-state index contributed by atoms with van der Waals surface area (Å²) in [6.45, 7) is 12.9. The first-order chi connectivity index (χ1) is 13.2. The number of nitrogens with zero attached hydrogens (tertiary/aromatic N) is 2. The van der Waals surface area contributed by atoms with Crippen LogP contribution >= 0.6 is 0 Å². The van der Waals surface area contributed by atoms with Crippen molar-refractivity contribution in [3.8, 4) is 5.75 Å². The van der Waals surface area contributed by atoms with E-state index in [2.05, 4.69) is 50.0 Å². The zero-order chi connectivity index (χ0) is 20.3. The molecule has 1 aromatic rings. The highest BCUT2D eigenvalue weighted by atomic mass is 16.5. The number of ether oxygens (including phenoxy) is 1. The molecule has 2 amide bonds. The number of rotatable bonds is 6. The van der Waals surface area contributed by atoms with Crippen LogP contribution in [-0.2, 0) is 5.41 Å². The highest BCUT2D eigenvalue weighted by Gasteiger charge is 2.31. The number of aliphatic hydroxyl groups excluding tert-OH is 1. The van der Waals surface area contributed by atoms with Gasteiger partial charge in [-0.2, -0.15) is 0 Å². The fraction of sp³-hybridized carbons (Fsp3) is 0.682. The number of amides is 2. The van der Waals surface area contributed by atoms with E-state index < -0.39 is 6.10 Å². The largest absolute Gasteiger partial charge is 0.491 e. The second-order valence-corrected chi connectivity index (χ2v) is 9.15. The zero-order valence-corrected chi connectivity index (χ0v) is 17.7. The van der Waals surface area contributed by atoms with Gasteiger partial charge in [-0.25, -0.2) is 4.79 Å². The maximum Gasteiger partial charge on any atom is 0.317 e. The van der Waals surface area contributed by atoms with Crippen LogP contribution in [0.3, 0.4) is 0 Å². The first-order valence-corrected chi connectivity index (χ1v) is 10.4. The highest BCUT2D eigenvalue weighted by Crippen LogP contribution is 2.27. The normalized spacial score (nSPS) is 20.3. The molecule has 28 heavy (non-hydrogen) atoms. The standard InChI is InChI=1S/C22H35N3O3/c1-16-13-17(22(2,3)4)5-6-20(16)28-15-19(26)14-24-10-7-18(8-11-24)25-12-9-23-21(25)27/h5-6,13,18-19,26H,7-12,14-15H2,1-4H3,(H,23,27)/t19-/m1/s1. The maximum atomic E-state index is 11.8. The molecule has 6 heteroatoms. The SMILES string of the molecule is Cc1cc(C(C)(C)C)ccc1OC[C@H](O)CN1CCC(N2CCNC2=O)CC1. The first-order valence-electron chi connectivity index (χ1n) is 10.4. The van der Waals surface area contributed by atoms with E-state index in [1.807, 2.05) is 11.0 Å². The van der Waals surface area contributed by atoms with Crippen LogP contribution in [-0.4, -0.2) is 72.4 Å². The van der Waals surface area contributed by atoms with Gasteiger partial charge in [-0.05, 0) is 42.4 Å². The number of urea groups is 1. The van der Waals surface area contributed by atoms with E-state index in [1.54, 1.807) is 0 Å². The van der Waals surface area contributed by atoms with Crippen LogP contribution < -0.4 is 10.1 Å². The van der Waals surface area contributed by atoms with Crippen LogP contribution in [0.15, 0.2) is 18.2 Å². The van der Waals surface area contributed by atoms with Gasteiger partial charge in [0.1, 0.15) is 18.5 Å². The van der Waals surface area contributed by atoms with Crippen LogP contribution in [0.25, 0.3) is 0 Å². The second kappa shape index (κ2) is 8.70. The number of β-amino-alcohol motifs (C(OH)–C–C–N with tert-alkyl or cyclic N) is 1. The molecule has 3 rings (SSSR count). The predicted octanol–water partition coefficient (Wildman–Crippen LogP) is 2.52. The van der Waals surface area contributed by atoms with E-state index in [0.29, 0.717) is 19.2 Å². The number of piperidine rings is 1. The summed E-state index contributed by atoms with van der Waals surface area (Å²) in [6.07, 6.45) is 1.41. The lowest BCUT2D eigenvalue weighted by molar-refractivity contribution is 0.0507. The molecule has 1 aromatic carbocycles.